The molecule has 1 aromatic rings. The van der Waals surface area contributed by atoms with Gasteiger partial charge in [0.1, 0.15) is 0 Å². The van der Waals surface area contributed by atoms with Gasteiger partial charge in [-0.2, -0.15) is 0 Å². The van der Waals surface area contributed by atoms with Crippen molar-refractivity contribution in [3.05, 3.63) is 30.3 Å². The van der Waals surface area contributed by atoms with Gasteiger partial charge in [0.05, 0.1) is 6.10 Å². The Kier molecular flexibility index (Phi) is 6.88. The van der Waals surface area contributed by atoms with Gasteiger partial charge in [-0.05, 0) is 0 Å². The SMILES string of the molecule is C[C@H](CCC([Se]c1ccccc1)C(C)(C)O)[C@H]1CC[C@@]2(C)[C@@H]3CC[C@H]4C(C)(C)[C@@H](O)CC[C@@]45C[C@@]35CC[C@]12C. The Morgan fingerprint density at radius 1 is 0.846 bits per heavy atom. The molecule has 0 amide bonds. The summed E-state index contributed by atoms with van der Waals surface area (Å²) in [6.07, 6.45) is 14.5. The van der Waals surface area contributed by atoms with Crippen molar-refractivity contribution >= 4 is 19.4 Å². The van der Waals surface area contributed by atoms with E-state index in [4.69, 9.17) is 0 Å². The second kappa shape index (κ2) is 9.33. The Bertz CT molecular complexity index is 1060. The van der Waals surface area contributed by atoms with Crippen LogP contribution in [0, 0.1) is 50.7 Å². The molecular formula is C36H56O2Se. The van der Waals surface area contributed by atoms with Crippen LogP contribution in [-0.2, 0) is 0 Å². The first-order valence-corrected chi connectivity index (χ1v) is 18.2. The van der Waals surface area contributed by atoms with E-state index in [1.165, 1.54) is 62.2 Å². The molecule has 10 atom stereocenters. The standard InChI is InChI=1S/C36H56O2Se/c1-24(13-16-30(32(4,5)38)39-25-11-9-8-10-12-25)26-17-19-34(7)28-15-14-27-31(2,3)29(37)18-20-35(27)23-36(28,35)22-21-33(26,34)6/h8-12,24,26-30,37-38H,13-23H2,1-7H3/t24-,26-,27+,28+,29+,30?,33-,34+,35-,36+/m1/s1. The van der Waals surface area contributed by atoms with E-state index < -0.39 is 5.60 Å². The summed E-state index contributed by atoms with van der Waals surface area (Å²) in [6.45, 7) is 16.9. The van der Waals surface area contributed by atoms with Gasteiger partial charge in [0, 0.05) is 0 Å². The molecule has 39 heavy (non-hydrogen) atoms. The van der Waals surface area contributed by atoms with Crippen molar-refractivity contribution in [1.82, 2.24) is 0 Å². The molecule has 0 radical (unpaired) electrons. The fraction of sp³-hybridized carbons (Fsp3) is 0.833. The number of rotatable bonds is 7. The molecule has 5 aliphatic rings. The summed E-state index contributed by atoms with van der Waals surface area (Å²) in [4.78, 5) is 0.358. The molecule has 3 heteroatoms. The van der Waals surface area contributed by atoms with Gasteiger partial charge in [-0.15, -0.1) is 0 Å². The number of aliphatic hydroxyl groups is 2. The summed E-state index contributed by atoms with van der Waals surface area (Å²) in [6, 6.07) is 10.9. The van der Waals surface area contributed by atoms with Crippen LogP contribution in [0.4, 0.5) is 0 Å². The molecule has 0 saturated heterocycles. The quantitative estimate of drug-likeness (QED) is 0.314. The molecule has 1 unspecified atom stereocenters. The third-order valence-corrected chi connectivity index (χ3v) is 18.0. The van der Waals surface area contributed by atoms with Crippen LogP contribution in [0.5, 0.6) is 0 Å². The number of aliphatic hydroxyl groups excluding tert-OH is 1. The van der Waals surface area contributed by atoms with Crippen molar-refractivity contribution in [2.24, 2.45) is 50.7 Å². The Balaban J connectivity index is 1.18. The van der Waals surface area contributed by atoms with Gasteiger partial charge in [0.25, 0.3) is 0 Å². The third kappa shape index (κ3) is 4.06. The molecule has 0 aromatic heterocycles. The van der Waals surface area contributed by atoms with Crippen molar-refractivity contribution in [2.45, 2.75) is 136 Å². The summed E-state index contributed by atoms with van der Waals surface area (Å²) in [5.74, 6) is 3.13. The minimum absolute atomic E-state index is 0.0827. The molecule has 2 spiro atoms. The normalized spacial score (nSPS) is 45.9. The van der Waals surface area contributed by atoms with Crippen molar-refractivity contribution in [2.75, 3.05) is 0 Å². The van der Waals surface area contributed by atoms with Crippen molar-refractivity contribution < 1.29 is 10.2 Å². The Morgan fingerprint density at radius 3 is 2.21 bits per heavy atom. The molecule has 218 valence electrons. The van der Waals surface area contributed by atoms with Gasteiger partial charge in [0.15, 0.2) is 0 Å². The first kappa shape index (κ1) is 28.8. The topological polar surface area (TPSA) is 40.5 Å². The summed E-state index contributed by atoms with van der Waals surface area (Å²) in [5.41, 5.74) is 1.47. The van der Waals surface area contributed by atoms with E-state index in [0.717, 1.165) is 36.5 Å². The molecule has 1 aromatic carbocycles. The van der Waals surface area contributed by atoms with E-state index in [9.17, 15) is 10.2 Å². The summed E-state index contributed by atoms with van der Waals surface area (Å²) < 4.78 is 1.41. The summed E-state index contributed by atoms with van der Waals surface area (Å²) >= 11 is 0.296. The Hall–Kier alpha value is -0.341. The first-order valence-electron chi connectivity index (χ1n) is 16.3. The van der Waals surface area contributed by atoms with E-state index in [1.807, 2.05) is 13.8 Å². The first-order chi connectivity index (χ1) is 18.2. The average molecular weight is 600 g/mol. The maximum absolute atomic E-state index is 11.1. The summed E-state index contributed by atoms with van der Waals surface area (Å²) in [5, 5.41) is 22.1. The number of hydrogen-bond donors (Lipinski definition) is 2. The zero-order valence-corrected chi connectivity index (χ0v) is 27.6. The zero-order chi connectivity index (χ0) is 28.1. The van der Waals surface area contributed by atoms with E-state index in [0.29, 0.717) is 41.4 Å². The Morgan fingerprint density at radius 2 is 1.51 bits per heavy atom. The van der Waals surface area contributed by atoms with E-state index in [1.54, 1.807) is 0 Å². The molecule has 2 N–H and O–H groups in total. The molecular weight excluding hydrogens is 543 g/mol. The van der Waals surface area contributed by atoms with Crippen LogP contribution in [-0.4, -0.2) is 36.9 Å². The van der Waals surface area contributed by atoms with Crippen LogP contribution in [0.2, 0.25) is 4.82 Å². The second-order valence-corrected chi connectivity index (χ2v) is 19.3. The minimum atomic E-state index is -0.624. The predicted octanol–water partition coefficient (Wildman–Crippen LogP) is 7.79. The molecule has 5 fully saturated rings. The van der Waals surface area contributed by atoms with E-state index in [-0.39, 0.29) is 11.5 Å². The molecule has 0 bridgehead atoms. The van der Waals surface area contributed by atoms with Crippen molar-refractivity contribution in [3.63, 3.8) is 0 Å². The molecule has 2 nitrogen and oxygen atoms in total. The fourth-order valence-corrected chi connectivity index (χ4v) is 14.6. The van der Waals surface area contributed by atoms with Crippen molar-refractivity contribution in [1.29, 1.82) is 0 Å². The van der Waals surface area contributed by atoms with Crippen LogP contribution in [0.25, 0.3) is 0 Å². The van der Waals surface area contributed by atoms with E-state index in [2.05, 4.69) is 65.0 Å². The molecule has 5 aliphatic carbocycles. The van der Waals surface area contributed by atoms with Crippen LogP contribution < -0.4 is 4.46 Å². The monoisotopic (exact) mass is 600 g/mol. The zero-order valence-electron chi connectivity index (χ0n) is 25.9. The predicted molar refractivity (Wildman–Crippen MR) is 163 cm³/mol. The van der Waals surface area contributed by atoms with Gasteiger partial charge in [-0.25, -0.2) is 0 Å². The van der Waals surface area contributed by atoms with Gasteiger partial charge in [-0.1, -0.05) is 13.8 Å². The van der Waals surface area contributed by atoms with Crippen LogP contribution >= 0.6 is 0 Å². The number of hydrogen-bond acceptors (Lipinski definition) is 2. The van der Waals surface area contributed by atoms with Gasteiger partial charge in [-0.3, -0.25) is 0 Å². The maximum atomic E-state index is 11.1. The van der Waals surface area contributed by atoms with Crippen LogP contribution in [0.1, 0.15) is 119 Å². The van der Waals surface area contributed by atoms with Gasteiger partial charge < -0.3 is 5.11 Å². The summed E-state index contributed by atoms with van der Waals surface area (Å²) in [7, 11) is 0. The number of fused-ring (bicyclic) bond motifs is 2. The molecule has 0 heterocycles. The van der Waals surface area contributed by atoms with Crippen molar-refractivity contribution in [3.8, 4) is 0 Å². The molecule has 6 rings (SSSR count). The van der Waals surface area contributed by atoms with Gasteiger partial charge >= 0.3 is 221 Å². The third-order valence-electron chi connectivity index (χ3n) is 14.5. The Labute approximate surface area is 245 Å². The number of benzene rings is 1. The van der Waals surface area contributed by atoms with Crippen LogP contribution in [0.15, 0.2) is 30.3 Å². The molecule has 0 aliphatic heterocycles. The van der Waals surface area contributed by atoms with Gasteiger partial charge in [0.2, 0.25) is 0 Å². The molecule has 5 saturated carbocycles. The second-order valence-electron chi connectivity index (χ2n) is 16.7. The fourth-order valence-electron chi connectivity index (χ4n) is 12.1. The average Bonchev–Trinajstić information content (AvgIpc) is 3.46. The van der Waals surface area contributed by atoms with E-state index >= 15 is 0 Å². The van der Waals surface area contributed by atoms with Crippen LogP contribution in [0.3, 0.4) is 0 Å².